The maximum absolute atomic E-state index is 12.7. The first-order chi connectivity index (χ1) is 9.51. The quantitative estimate of drug-likeness (QED) is 0.839. The Morgan fingerprint density at radius 3 is 2.75 bits per heavy atom. The number of fused-ring (bicyclic) bond motifs is 1. The van der Waals surface area contributed by atoms with Crippen LogP contribution in [-0.4, -0.2) is 38.4 Å². The minimum Gasteiger partial charge on any atom is -0.385 e. The minimum atomic E-state index is -0.156. The average molecular weight is 281 g/mol. The molecule has 1 aliphatic heterocycles. The number of nitrogens with one attached hydrogen (secondary N) is 1. The smallest absolute Gasteiger partial charge is 0.226 e. The number of hydrogen-bond acceptors (Lipinski definition) is 3. The molecule has 2 aliphatic carbocycles. The monoisotopic (exact) mass is 281 g/mol. The Labute approximate surface area is 121 Å². The van der Waals surface area contributed by atoms with Crippen LogP contribution in [0.3, 0.4) is 0 Å². The molecular weight excluding hydrogens is 254 g/mol. The predicted octanol–water partition coefficient (Wildman–Crippen LogP) is 2.12. The second-order valence-electron chi connectivity index (χ2n) is 7.39. The highest BCUT2D eigenvalue weighted by Gasteiger charge is 2.60. The molecule has 1 heterocycles. The molecular formula is C16H27NO3. The van der Waals surface area contributed by atoms with E-state index in [1.54, 1.807) is 7.11 Å². The molecule has 2 saturated carbocycles. The van der Waals surface area contributed by atoms with Gasteiger partial charge in [-0.05, 0) is 25.7 Å². The maximum atomic E-state index is 12.7. The van der Waals surface area contributed by atoms with Gasteiger partial charge in [-0.15, -0.1) is 0 Å². The molecule has 0 spiro atoms. The van der Waals surface area contributed by atoms with Crippen LogP contribution in [0.5, 0.6) is 0 Å². The number of methoxy groups -OCH3 is 1. The SMILES string of the molecule is COCCC1(C(=O)N[C@@H]2[C@H]3CCO[C@@H]3C2(C)C)CCC1. The number of carbonyl (C=O) groups is 1. The highest BCUT2D eigenvalue weighted by Crippen LogP contribution is 2.53. The lowest BCUT2D eigenvalue weighted by molar-refractivity contribution is -0.151. The van der Waals surface area contributed by atoms with E-state index in [-0.39, 0.29) is 22.8 Å². The summed E-state index contributed by atoms with van der Waals surface area (Å²) >= 11 is 0. The predicted molar refractivity (Wildman–Crippen MR) is 76.3 cm³/mol. The number of amides is 1. The molecule has 1 saturated heterocycles. The van der Waals surface area contributed by atoms with Crippen molar-refractivity contribution < 1.29 is 14.3 Å². The molecule has 0 aromatic heterocycles. The van der Waals surface area contributed by atoms with Crippen LogP contribution in [0.4, 0.5) is 0 Å². The zero-order chi connectivity index (χ0) is 14.4. The summed E-state index contributed by atoms with van der Waals surface area (Å²) in [5.74, 6) is 0.776. The van der Waals surface area contributed by atoms with Gasteiger partial charge >= 0.3 is 0 Å². The van der Waals surface area contributed by atoms with Crippen LogP contribution in [0.15, 0.2) is 0 Å². The lowest BCUT2D eigenvalue weighted by Crippen LogP contribution is -2.68. The van der Waals surface area contributed by atoms with Gasteiger partial charge < -0.3 is 14.8 Å². The summed E-state index contributed by atoms with van der Waals surface area (Å²) in [6.07, 6.45) is 5.47. The molecule has 1 N–H and O–H groups in total. The van der Waals surface area contributed by atoms with Gasteiger partial charge in [0.05, 0.1) is 11.5 Å². The van der Waals surface area contributed by atoms with Gasteiger partial charge in [-0.3, -0.25) is 4.79 Å². The number of ether oxygens (including phenoxy) is 2. The Morgan fingerprint density at radius 1 is 1.40 bits per heavy atom. The largest absolute Gasteiger partial charge is 0.385 e. The molecule has 3 aliphatic rings. The highest BCUT2D eigenvalue weighted by molar-refractivity contribution is 5.84. The van der Waals surface area contributed by atoms with Crippen molar-refractivity contribution in [2.24, 2.45) is 16.7 Å². The third-order valence-electron chi connectivity index (χ3n) is 5.96. The van der Waals surface area contributed by atoms with Crippen LogP contribution in [0.25, 0.3) is 0 Å². The lowest BCUT2D eigenvalue weighted by atomic mass is 9.56. The average Bonchev–Trinajstić information content (AvgIpc) is 2.81. The van der Waals surface area contributed by atoms with Gasteiger partial charge in [-0.2, -0.15) is 0 Å². The third kappa shape index (κ3) is 2.00. The fourth-order valence-corrected chi connectivity index (χ4v) is 4.40. The van der Waals surface area contributed by atoms with Crippen molar-refractivity contribution in [1.82, 2.24) is 5.32 Å². The van der Waals surface area contributed by atoms with E-state index >= 15 is 0 Å². The molecule has 114 valence electrons. The molecule has 4 heteroatoms. The van der Waals surface area contributed by atoms with Crippen LogP contribution < -0.4 is 5.32 Å². The Morgan fingerprint density at radius 2 is 2.15 bits per heavy atom. The summed E-state index contributed by atoms with van der Waals surface area (Å²) in [7, 11) is 1.71. The van der Waals surface area contributed by atoms with Crippen LogP contribution in [0.2, 0.25) is 0 Å². The maximum Gasteiger partial charge on any atom is 0.226 e. The standard InChI is InChI=1S/C16H27NO3/c1-15(2)12(11-5-9-20-13(11)15)17-14(18)16(6-4-7-16)8-10-19-3/h11-13H,4-10H2,1-3H3,(H,17,18)/t11-,12-,13+/m1/s1. The van der Waals surface area contributed by atoms with Crippen molar-refractivity contribution in [3.05, 3.63) is 0 Å². The van der Waals surface area contributed by atoms with E-state index in [0.29, 0.717) is 18.6 Å². The number of rotatable bonds is 5. The fraction of sp³-hybridized carbons (Fsp3) is 0.938. The topological polar surface area (TPSA) is 47.6 Å². The molecule has 20 heavy (non-hydrogen) atoms. The first kappa shape index (κ1) is 14.3. The van der Waals surface area contributed by atoms with E-state index in [1.807, 2.05) is 0 Å². The molecule has 4 nitrogen and oxygen atoms in total. The van der Waals surface area contributed by atoms with E-state index in [1.165, 1.54) is 6.42 Å². The van der Waals surface area contributed by atoms with E-state index in [9.17, 15) is 4.79 Å². The molecule has 3 atom stereocenters. The summed E-state index contributed by atoms with van der Waals surface area (Å²) in [6, 6.07) is 0.280. The van der Waals surface area contributed by atoms with E-state index in [0.717, 1.165) is 32.3 Å². The van der Waals surface area contributed by atoms with Gasteiger partial charge in [-0.1, -0.05) is 20.3 Å². The molecule has 3 rings (SSSR count). The zero-order valence-electron chi connectivity index (χ0n) is 12.9. The lowest BCUT2D eigenvalue weighted by Gasteiger charge is -2.55. The fourth-order valence-electron chi connectivity index (χ4n) is 4.40. The van der Waals surface area contributed by atoms with Gasteiger partial charge in [0.25, 0.3) is 0 Å². The first-order valence-corrected chi connectivity index (χ1v) is 7.93. The minimum absolute atomic E-state index is 0.0724. The third-order valence-corrected chi connectivity index (χ3v) is 5.96. The van der Waals surface area contributed by atoms with Gasteiger partial charge in [0, 0.05) is 37.7 Å². The van der Waals surface area contributed by atoms with Crippen molar-refractivity contribution in [2.45, 2.75) is 58.1 Å². The van der Waals surface area contributed by atoms with E-state index < -0.39 is 0 Å². The number of carbonyl (C=O) groups excluding carboxylic acids is 1. The normalized spacial score (nSPS) is 36.6. The molecule has 3 fully saturated rings. The van der Waals surface area contributed by atoms with Crippen LogP contribution >= 0.6 is 0 Å². The Hall–Kier alpha value is -0.610. The van der Waals surface area contributed by atoms with E-state index in [2.05, 4.69) is 19.2 Å². The van der Waals surface area contributed by atoms with Crippen LogP contribution in [0, 0.1) is 16.7 Å². The van der Waals surface area contributed by atoms with Gasteiger partial charge in [-0.25, -0.2) is 0 Å². The van der Waals surface area contributed by atoms with Crippen molar-refractivity contribution >= 4 is 5.91 Å². The Bertz CT molecular complexity index is 389. The second-order valence-corrected chi connectivity index (χ2v) is 7.39. The summed E-state index contributed by atoms with van der Waals surface area (Å²) in [5, 5.41) is 3.36. The van der Waals surface area contributed by atoms with Crippen molar-refractivity contribution in [2.75, 3.05) is 20.3 Å². The van der Waals surface area contributed by atoms with Gasteiger partial charge in [0.15, 0.2) is 0 Å². The molecule has 0 aromatic carbocycles. The summed E-state index contributed by atoms with van der Waals surface area (Å²) in [6.45, 7) is 5.96. The molecule has 0 aromatic rings. The summed E-state index contributed by atoms with van der Waals surface area (Å²) < 4.78 is 11.0. The molecule has 1 amide bonds. The summed E-state index contributed by atoms with van der Waals surface area (Å²) in [4.78, 5) is 12.7. The second kappa shape index (κ2) is 4.99. The Balaban J connectivity index is 1.64. The zero-order valence-corrected chi connectivity index (χ0v) is 12.9. The van der Waals surface area contributed by atoms with Crippen LogP contribution in [-0.2, 0) is 14.3 Å². The first-order valence-electron chi connectivity index (χ1n) is 7.93. The van der Waals surface area contributed by atoms with Crippen molar-refractivity contribution in [1.29, 1.82) is 0 Å². The van der Waals surface area contributed by atoms with Crippen LogP contribution in [0.1, 0.15) is 46.0 Å². The Kier molecular flexibility index (Phi) is 3.57. The van der Waals surface area contributed by atoms with Crippen molar-refractivity contribution in [3.63, 3.8) is 0 Å². The molecule has 0 bridgehead atoms. The molecule has 0 unspecified atom stereocenters. The molecule has 0 radical (unpaired) electrons. The number of hydrogen-bond donors (Lipinski definition) is 1. The van der Waals surface area contributed by atoms with Gasteiger partial charge in [0.2, 0.25) is 5.91 Å². The summed E-state index contributed by atoms with van der Waals surface area (Å²) in [5.41, 5.74) is -0.0837. The van der Waals surface area contributed by atoms with E-state index in [4.69, 9.17) is 9.47 Å². The highest BCUT2D eigenvalue weighted by atomic mass is 16.5. The van der Waals surface area contributed by atoms with Crippen molar-refractivity contribution in [3.8, 4) is 0 Å². The van der Waals surface area contributed by atoms with Gasteiger partial charge in [0.1, 0.15) is 0 Å².